The Morgan fingerprint density at radius 1 is 1.30 bits per heavy atom. The maximum Gasteiger partial charge on any atom is 0.144 e. The molecule has 106 valence electrons. The van der Waals surface area contributed by atoms with E-state index in [0.29, 0.717) is 16.8 Å². The summed E-state index contributed by atoms with van der Waals surface area (Å²) in [7, 11) is 1.63. The van der Waals surface area contributed by atoms with Gasteiger partial charge in [0, 0.05) is 34.7 Å². The third-order valence-electron chi connectivity index (χ3n) is 3.12. The summed E-state index contributed by atoms with van der Waals surface area (Å²) in [6, 6.07) is 7.96. The Morgan fingerprint density at radius 3 is 2.65 bits per heavy atom. The molecule has 0 atom stereocenters. The van der Waals surface area contributed by atoms with Crippen molar-refractivity contribution < 1.29 is 4.74 Å². The van der Waals surface area contributed by atoms with Crippen LogP contribution < -0.4 is 4.74 Å². The summed E-state index contributed by atoms with van der Waals surface area (Å²) < 4.78 is 7.50. The van der Waals surface area contributed by atoms with Gasteiger partial charge >= 0.3 is 0 Å². The number of benzene rings is 1. The lowest BCUT2D eigenvalue weighted by molar-refractivity contribution is 0.416. The highest BCUT2D eigenvalue weighted by atomic mass is 35.5. The van der Waals surface area contributed by atoms with Gasteiger partial charge in [-0.05, 0) is 45.0 Å². The van der Waals surface area contributed by atoms with E-state index in [2.05, 4.69) is 42.6 Å². The molecule has 2 aromatic rings. The molecule has 1 aromatic carbocycles. The molecule has 0 N–H and O–H groups in total. The van der Waals surface area contributed by atoms with Crippen molar-refractivity contribution in [3.05, 3.63) is 46.7 Å². The van der Waals surface area contributed by atoms with Crippen molar-refractivity contribution in [1.82, 2.24) is 4.57 Å². The predicted octanol–water partition coefficient (Wildman–Crippen LogP) is 4.79. The second kappa shape index (κ2) is 6.14. The maximum atomic E-state index is 5.99. The summed E-state index contributed by atoms with van der Waals surface area (Å²) >= 11 is 5.99. The molecule has 0 unspecified atom stereocenters. The van der Waals surface area contributed by atoms with Crippen LogP contribution in [0.15, 0.2) is 35.5 Å². The molecule has 1 heterocycles. The third-order valence-corrected chi connectivity index (χ3v) is 3.36. The molecule has 2 rings (SSSR count). The standard InChI is InChI=1S/C16H19ClN2O/c1-11(2)19-10-13(7-12(19)3)9-18-15-8-14(17)5-6-16(15)20-4/h5-11H,1-4H3. The first-order valence-electron chi connectivity index (χ1n) is 6.57. The molecule has 0 aliphatic rings. The minimum Gasteiger partial charge on any atom is -0.494 e. The van der Waals surface area contributed by atoms with Crippen LogP contribution in [0.25, 0.3) is 0 Å². The van der Waals surface area contributed by atoms with E-state index in [4.69, 9.17) is 16.3 Å². The molecule has 0 fully saturated rings. The Morgan fingerprint density at radius 2 is 2.05 bits per heavy atom. The fraction of sp³-hybridized carbons (Fsp3) is 0.312. The highest BCUT2D eigenvalue weighted by molar-refractivity contribution is 6.30. The van der Waals surface area contributed by atoms with Crippen LogP contribution in [-0.2, 0) is 0 Å². The summed E-state index contributed by atoms with van der Waals surface area (Å²) in [6.45, 7) is 6.42. The van der Waals surface area contributed by atoms with Crippen LogP contribution in [-0.4, -0.2) is 17.9 Å². The van der Waals surface area contributed by atoms with E-state index in [1.165, 1.54) is 5.69 Å². The van der Waals surface area contributed by atoms with Crippen LogP contribution in [0.1, 0.15) is 31.1 Å². The van der Waals surface area contributed by atoms with Crippen LogP contribution in [0.2, 0.25) is 5.02 Å². The van der Waals surface area contributed by atoms with Gasteiger partial charge < -0.3 is 9.30 Å². The molecule has 0 spiro atoms. The van der Waals surface area contributed by atoms with Gasteiger partial charge in [-0.25, -0.2) is 0 Å². The smallest absolute Gasteiger partial charge is 0.144 e. The zero-order valence-electron chi connectivity index (χ0n) is 12.2. The number of rotatable bonds is 4. The van der Waals surface area contributed by atoms with Crippen molar-refractivity contribution in [3.63, 3.8) is 0 Å². The number of nitrogens with zero attached hydrogens (tertiary/aromatic N) is 2. The maximum absolute atomic E-state index is 5.99. The Labute approximate surface area is 124 Å². The number of hydrogen-bond donors (Lipinski definition) is 0. The van der Waals surface area contributed by atoms with Crippen LogP contribution in [0.4, 0.5) is 5.69 Å². The number of aryl methyl sites for hydroxylation is 1. The van der Waals surface area contributed by atoms with Crippen molar-refractivity contribution in [2.75, 3.05) is 7.11 Å². The highest BCUT2D eigenvalue weighted by Crippen LogP contribution is 2.30. The normalized spacial score (nSPS) is 11.5. The van der Waals surface area contributed by atoms with Crippen LogP contribution in [0, 0.1) is 6.92 Å². The molecule has 0 aliphatic carbocycles. The minimum atomic E-state index is 0.442. The number of halogens is 1. The van der Waals surface area contributed by atoms with Crippen molar-refractivity contribution in [1.29, 1.82) is 0 Å². The molecular weight excluding hydrogens is 272 g/mol. The number of ether oxygens (including phenoxy) is 1. The minimum absolute atomic E-state index is 0.442. The summed E-state index contributed by atoms with van der Waals surface area (Å²) in [5.74, 6) is 0.714. The topological polar surface area (TPSA) is 26.5 Å². The van der Waals surface area contributed by atoms with Gasteiger partial charge in [-0.15, -0.1) is 0 Å². The molecule has 3 nitrogen and oxygen atoms in total. The van der Waals surface area contributed by atoms with E-state index in [-0.39, 0.29) is 0 Å². The Bertz CT molecular complexity index is 629. The third kappa shape index (κ3) is 3.23. The molecule has 4 heteroatoms. The summed E-state index contributed by atoms with van der Waals surface area (Å²) in [4.78, 5) is 4.47. The van der Waals surface area contributed by atoms with Crippen LogP contribution in [0.3, 0.4) is 0 Å². The van der Waals surface area contributed by atoms with Gasteiger partial charge in [0.05, 0.1) is 7.11 Å². The van der Waals surface area contributed by atoms with E-state index in [0.717, 1.165) is 11.3 Å². The zero-order chi connectivity index (χ0) is 14.7. The van der Waals surface area contributed by atoms with E-state index in [9.17, 15) is 0 Å². The number of methoxy groups -OCH3 is 1. The van der Waals surface area contributed by atoms with Crippen molar-refractivity contribution in [2.24, 2.45) is 4.99 Å². The lowest BCUT2D eigenvalue weighted by atomic mass is 10.3. The van der Waals surface area contributed by atoms with Gasteiger partial charge in [0.1, 0.15) is 11.4 Å². The monoisotopic (exact) mass is 290 g/mol. The van der Waals surface area contributed by atoms with Crippen LogP contribution >= 0.6 is 11.6 Å². The van der Waals surface area contributed by atoms with Crippen molar-refractivity contribution >= 4 is 23.5 Å². The predicted molar refractivity (Wildman–Crippen MR) is 84.8 cm³/mol. The lowest BCUT2D eigenvalue weighted by Crippen LogP contribution is -2.00. The molecule has 0 amide bonds. The van der Waals surface area contributed by atoms with Gasteiger partial charge in [0.15, 0.2) is 0 Å². The molecule has 0 saturated heterocycles. The van der Waals surface area contributed by atoms with Gasteiger partial charge in [-0.3, -0.25) is 4.99 Å². The van der Waals surface area contributed by atoms with Crippen molar-refractivity contribution in [2.45, 2.75) is 26.8 Å². The summed E-state index contributed by atoms with van der Waals surface area (Å²) in [5.41, 5.74) is 3.02. The van der Waals surface area contributed by atoms with Crippen LogP contribution in [0.5, 0.6) is 5.75 Å². The van der Waals surface area contributed by atoms with Gasteiger partial charge in [-0.1, -0.05) is 11.6 Å². The number of aliphatic imine (C=N–C) groups is 1. The second-order valence-corrected chi connectivity index (χ2v) is 5.43. The largest absolute Gasteiger partial charge is 0.494 e. The Balaban J connectivity index is 2.29. The zero-order valence-corrected chi connectivity index (χ0v) is 13.0. The fourth-order valence-electron chi connectivity index (χ4n) is 2.15. The molecule has 0 bridgehead atoms. The van der Waals surface area contributed by atoms with E-state index in [1.54, 1.807) is 19.2 Å². The number of hydrogen-bond acceptors (Lipinski definition) is 2. The van der Waals surface area contributed by atoms with E-state index < -0.39 is 0 Å². The van der Waals surface area contributed by atoms with Gasteiger partial charge in [-0.2, -0.15) is 0 Å². The molecule has 0 radical (unpaired) electrons. The summed E-state index contributed by atoms with van der Waals surface area (Å²) in [5, 5.41) is 0.647. The first-order chi connectivity index (χ1) is 9.51. The molecule has 0 aliphatic heterocycles. The first kappa shape index (κ1) is 14.7. The number of aromatic nitrogens is 1. The summed E-state index contributed by atoms with van der Waals surface area (Å²) in [6.07, 6.45) is 3.93. The van der Waals surface area contributed by atoms with E-state index in [1.807, 2.05) is 12.3 Å². The van der Waals surface area contributed by atoms with Crippen molar-refractivity contribution in [3.8, 4) is 5.75 Å². The Kier molecular flexibility index (Phi) is 4.50. The molecule has 20 heavy (non-hydrogen) atoms. The van der Waals surface area contributed by atoms with Gasteiger partial charge in [0.25, 0.3) is 0 Å². The van der Waals surface area contributed by atoms with E-state index >= 15 is 0 Å². The fourth-order valence-corrected chi connectivity index (χ4v) is 2.32. The second-order valence-electron chi connectivity index (χ2n) is 4.99. The molecule has 0 saturated carbocycles. The first-order valence-corrected chi connectivity index (χ1v) is 6.95. The molecular formula is C16H19ClN2O. The quantitative estimate of drug-likeness (QED) is 0.744. The lowest BCUT2D eigenvalue weighted by Gasteiger charge is -2.08. The SMILES string of the molecule is COc1ccc(Cl)cc1N=Cc1cc(C)n(C(C)C)c1. The average molecular weight is 291 g/mol. The molecule has 1 aromatic heterocycles. The van der Waals surface area contributed by atoms with Gasteiger partial charge in [0.2, 0.25) is 0 Å². The highest BCUT2D eigenvalue weighted by Gasteiger charge is 2.05. The Hall–Kier alpha value is -1.74. The average Bonchev–Trinajstić information content (AvgIpc) is 2.78.